The molecular weight excluding hydrogens is 421 g/mol. The van der Waals surface area contributed by atoms with Crippen molar-refractivity contribution in [1.29, 1.82) is 0 Å². The number of rotatable bonds is 2. The lowest BCUT2D eigenvalue weighted by atomic mass is 9.78. The Bertz CT molecular complexity index is 1240. The first-order valence-corrected chi connectivity index (χ1v) is 11.2. The highest BCUT2D eigenvalue weighted by Gasteiger charge is 2.56. The van der Waals surface area contributed by atoms with Crippen LogP contribution in [0.3, 0.4) is 0 Å². The smallest absolute Gasteiger partial charge is 0.261 e. The number of allylic oxidation sites excluding steroid dienone is 4. The molecule has 7 heteroatoms. The van der Waals surface area contributed by atoms with E-state index in [0.717, 1.165) is 23.1 Å². The molecule has 2 amide bonds. The minimum Gasteiger partial charge on any atom is -0.364 e. The van der Waals surface area contributed by atoms with Crippen LogP contribution in [0.5, 0.6) is 0 Å². The van der Waals surface area contributed by atoms with E-state index in [2.05, 4.69) is 18.2 Å². The lowest BCUT2D eigenvalue weighted by Crippen LogP contribution is -2.57. The maximum atomic E-state index is 14.2. The van der Waals surface area contributed by atoms with E-state index in [1.807, 2.05) is 18.2 Å². The van der Waals surface area contributed by atoms with Gasteiger partial charge in [0.2, 0.25) is 0 Å². The highest BCUT2D eigenvalue weighted by Crippen LogP contribution is 2.49. The maximum Gasteiger partial charge on any atom is 0.261 e. The van der Waals surface area contributed by atoms with Gasteiger partial charge in [0, 0.05) is 25.1 Å². The zero-order valence-corrected chi connectivity index (χ0v) is 19.0. The van der Waals surface area contributed by atoms with E-state index in [1.54, 1.807) is 35.8 Å². The molecule has 0 bridgehead atoms. The zero-order valence-electron chi connectivity index (χ0n) is 19.0. The van der Waals surface area contributed by atoms with Gasteiger partial charge in [-0.2, -0.15) is 0 Å². The minimum absolute atomic E-state index is 0.0618. The molecule has 3 aliphatic rings. The van der Waals surface area contributed by atoms with Gasteiger partial charge in [-0.1, -0.05) is 42.5 Å². The topological polar surface area (TPSA) is 66.7 Å². The second-order valence-corrected chi connectivity index (χ2v) is 9.05. The van der Waals surface area contributed by atoms with Gasteiger partial charge in [0.05, 0.1) is 5.69 Å². The first-order valence-electron chi connectivity index (χ1n) is 11.2. The summed E-state index contributed by atoms with van der Waals surface area (Å²) in [5.41, 5.74) is 2.71. The molecule has 2 aliphatic heterocycles. The summed E-state index contributed by atoms with van der Waals surface area (Å²) in [6.45, 7) is 6.24. The van der Waals surface area contributed by atoms with Crippen LogP contribution in [0.2, 0.25) is 0 Å². The molecule has 1 saturated heterocycles. The van der Waals surface area contributed by atoms with Gasteiger partial charge in [-0.3, -0.25) is 9.59 Å². The molecule has 6 nitrogen and oxygen atoms in total. The lowest BCUT2D eigenvalue weighted by molar-refractivity contribution is -0.137. The summed E-state index contributed by atoms with van der Waals surface area (Å²) in [6, 6.07) is 4.86. The summed E-state index contributed by atoms with van der Waals surface area (Å²) in [4.78, 5) is 31.2. The van der Waals surface area contributed by atoms with Crippen molar-refractivity contribution >= 4 is 11.8 Å². The highest BCUT2D eigenvalue weighted by molar-refractivity contribution is 6.00. The number of halogens is 1. The van der Waals surface area contributed by atoms with Crippen molar-refractivity contribution in [1.82, 2.24) is 15.0 Å². The second-order valence-electron chi connectivity index (χ2n) is 9.05. The SMILES string of the molecule is Cc1cc(C23CC4=C(C(=O)N2CCN3C(=O)c2conc2C)C(C)CC=CC=C4)ccc1F. The molecule has 1 aliphatic carbocycles. The maximum absolute atomic E-state index is 14.2. The Morgan fingerprint density at radius 3 is 2.79 bits per heavy atom. The molecule has 3 heterocycles. The largest absolute Gasteiger partial charge is 0.364 e. The molecule has 5 rings (SSSR count). The molecule has 2 atom stereocenters. The first kappa shape index (κ1) is 21.4. The van der Waals surface area contributed by atoms with Crippen LogP contribution in [0.4, 0.5) is 4.39 Å². The van der Waals surface area contributed by atoms with E-state index >= 15 is 0 Å². The van der Waals surface area contributed by atoms with Crippen LogP contribution in [0.1, 0.15) is 46.9 Å². The Morgan fingerprint density at radius 2 is 2.06 bits per heavy atom. The molecule has 1 aromatic carbocycles. The van der Waals surface area contributed by atoms with Crippen molar-refractivity contribution in [3.63, 3.8) is 0 Å². The van der Waals surface area contributed by atoms with Gasteiger partial charge in [0.15, 0.2) is 0 Å². The average molecular weight is 448 g/mol. The van der Waals surface area contributed by atoms with Crippen LogP contribution < -0.4 is 0 Å². The molecule has 0 spiro atoms. The van der Waals surface area contributed by atoms with E-state index in [0.29, 0.717) is 36.3 Å². The number of carbonyl (C=O) groups excluding carboxylic acids is 2. The normalized spacial score (nSPS) is 24.6. The highest BCUT2D eigenvalue weighted by atomic mass is 19.1. The number of fused-ring (bicyclic) bond motifs is 1. The van der Waals surface area contributed by atoms with Crippen LogP contribution in [0, 0.1) is 25.6 Å². The average Bonchev–Trinajstić information content (AvgIpc) is 3.38. The second kappa shape index (κ2) is 7.83. The van der Waals surface area contributed by atoms with Gasteiger partial charge in [-0.15, -0.1) is 0 Å². The third-order valence-electron chi connectivity index (χ3n) is 7.07. The quantitative estimate of drug-likeness (QED) is 0.684. The fourth-order valence-electron chi connectivity index (χ4n) is 5.37. The molecular formula is C26H26FN3O3. The fraction of sp³-hybridized carbons (Fsp3) is 0.346. The number of hydrogen-bond acceptors (Lipinski definition) is 4. The number of benzene rings is 1. The van der Waals surface area contributed by atoms with Crippen molar-refractivity contribution in [2.75, 3.05) is 13.1 Å². The van der Waals surface area contributed by atoms with E-state index in [1.165, 1.54) is 12.3 Å². The third kappa shape index (κ3) is 3.17. The number of aryl methyl sites for hydroxylation is 2. The lowest BCUT2D eigenvalue weighted by Gasteiger charge is -2.48. The van der Waals surface area contributed by atoms with Crippen LogP contribution in [0.15, 0.2) is 64.4 Å². The number of nitrogens with zero attached hydrogens (tertiary/aromatic N) is 3. The summed E-state index contributed by atoms with van der Waals surface area (Å²) >= 11 is 0. The predicted octanol–water partition coefficient (Wildman–Crippen LogP) is 4.42. The molecule has 0 N–H and O–H groups in total. The first-order chi connectivity index (χ1) is 15.8. The standard InChI is InChI=1S/C26H26FN3O3/c1-16-7-5-4-6-8-19-14-26(20-9-10-22(27)17(2)13-20)29(11-12-30(26)25(32)23(16)19)24(31)21-15-33-28-18(21)3/h4-6,8-10,13,15-16H,7,11-12,14H2,1-3H3. The minimum atomic E-state index is -1.05. The monoisotopic (exact) mass is 447 g/mol. The molecule has 170 valence electrons. The van der Waals surface area contributed by atoms with Crippen LogP contribution in [0.25, 0.3) is 0 Å². The van der Waals surface area contributed by atoms with Crippen molar-refractivity contribution in [3.05, 3.63) is 88.1 Å². The Kier molecular flexibility index (Phi) is 5.07. The number of carbonyl (C=O) groups is 2. The Morgan fingerprint density at radius 1 is 1.24 bits per heavy atom. The van der Waals surface area contributed by atoms with Gasteiger partial charge in [-0.25, -0.2) is 4.39 Å². The van der Waals surface area contributed by atoms with Crippen molar-refractivity contribution in [2.24, 2.45) is 5.92 Å². The number of amides is 2. The Labute approximate surface area is 192 Å². The van der Waals surface area contributed by atoms with E-state index < -0.39 is 5.66 Å². The van der Waals surface area contributed by atoms with Crippen molar-refractivity contribution < 1.29 is 18.5 Å². The molecule has 0 saturated carbocycles. The van der Waals surface area contributed by atoms with Gasteiger partial charge in [0.25, 0.3) is 11.8 Å². The van der Waals surface area contributed by atoms with Gasteiger partial charge >= 0.3 is 0 Å². The third-order valence-corrected chi connectivity index (χ3v) is 7.07. The van der Waals surface area contributed by atoms with Gasteiger partial charge < -0.3 is 14.3 Å². The Hall–Kier alpha value is -3.48. The summed E-state index contributed by atoms with van der Waals surface area (Å²) in [6.07, 6.45) is 10.5. The van der Waals surface area contributed by atoms with Crippen LogP contribution in [-0.2, 0) is 10.5 Å². The molecule has 2 aromatic rings. The fourth-order valence-corrected chi connectivity index (χ4v) is 5.37. The molecule has 0 radical (unpaired) electrons. The number of hydrogen-bond donors (Lipinski definition) is 0. The van der Waals surface area contributed by atoms with Crippen LogP contribution >= 0.6 is 0 Å². The summed E-state index contributed by atoms with van der Waals surface area (Å²) in [5.74, 6) is -0.577. The summed E-state index contributed by atoms with van der Waals surface area (Å²) in [5, 5.41) is 3.87. The predicted molar refractivity (Wildman–Crippen MR) is 121 cm³/mol. The van der Waals surface area contributed by atoms with Crippen molar-refractivity contribution in [2.45, 2.75) is 39.3 Å². The zero-order chi connectivity index (χ0) is 23.3. The number of aromatic nitrogens is 1. The molecule has 2 unspecified atom stereocenters. The van der Waals surface area contributed by atoms with E-state index in [-0.39, 0.29) is 23.5 Å². The van der Waals surface area contributed by atoms with Crippen LogP contribution in [-0.4, -0.2) is 39.9 Å². The van der Waals surface area contributed by atoms with Crippen molar-refractivity contribution in [3.8, 4) is 0 Å². The summed E-state index contributed by atoms with van der Waals surface area (Å²) < 4.78 is 19.3. The van der Waals surface area contributed by atoms with E-state index in [9.17, 15) is 14.0 Å². The van der Waals surface area contributed by atoms with E-state index in [4.69, 9.17) is 4.52 Å². The Balaban J connectivity index is 1.73. The van der Waals surface area contributed by atoms with Gasteiger partial charge in [-0.05, 0) is 55.0 Å². The molecule has 1 aromatic heterocycles. The molecule has 1 fully saturated rings. The molecule has 33 heavy (non-hydrogen) atoms. The van der Waals surface area contributed by atoms with Gasteiger partial charge in [0.1, 0.15) is 23.3 Å². The summed E-state index contributed by atoms with van der Waals surface area (Å²) in [7, 11) is 0.